The zero-order valence-corrected chi connectivity index (χ0v) is 12.1. The van der Waals surface area contributed by atoms with Gasteiger partial charge in [-0.3, -0.25) is 9.97 Å². The second-order valence-electron chi connectivity index (χ2n) is 4.58. The second kappa shape index (κ2) is 7.31. The number of pyridine rings is 2. The van der Waals surface area contributed by atoms with Gasteiger partial charge in [0.15, 0.2) is 0 Å². The first kappa shape index (κ1) is 14.9. The van der Waals surface area contributed by atoms with E-state index in [1.54, 1.807) is 18.5 Å². The van der Waals surface area contributed by atoms with Crippen LogP contribution in [0.4, 0.5) is 4.39 Å². The number of aromatic nitrogens is 2. The Labute approximate surface area is 123 Å². The molecule has 20 heavy (non-hydrogen) atoms. The van der Waals surface area contributed by atoms with Crippen LogP contribution in [-0.2, 0) is 6.42 Å². The van der Waals surface area contributed by atoms with Gasteiger partial charge in [0.25, 0.3) is 0 Å². The molecule has 1 N–H and O–H groups in total. The molecule has 0 aromatic carbocycles. The number of nitrogens with one attached hydrogen (secondary N) is 1. The van der Waals surface area contributed by atoms with Crippen molar-refractivity contribution >= 4 is 11.6 Å². The molecule has 2 aromatic rings. The van der Waals surface area contributed by atoms with Gasteiger partial charge in [0.2, 0.25) is 0 Å². The third kappa shape index (κ3) is 3.99. The smallest absolute Gasteiger partial charge is 0.141 e. The SMILES string of the molecule is CCCNC(Cc1ccncc1Cl)c1ccc(F)cn1. The fourth-order valence-corrected chi connectivity index (χ4v) is 2.18. The van der Waals surface area contributed by atoms with E-state index in [1.807, 2.05) is 6.07 Å². The van der Waals surface area contributed by atoms with Crippen LogP contribution in [0.25, 0.3) is 0 Å². The molecule has 0 bridgehead atoms. The first-order chi connectivity index (χ1) is 9.70. The summed E-state index contributed by atoms with van der Waals surface area (Å²) in [6, 6.07) is 5.04. The van der Waals surface area contributed by atoms with E-state index in [4.69, 9.17) is 11.6 Å². The van der Waals surface area contributed by atoms with Crippen LogP contribution in [0.5, 0.6) is 0 Å². The Morgan fingerprint density at radius 2 is 2.15 bits per heavy atom. The lowest BCUT2D eigenvalue weighted by atomic mass is 10.0. The van der Waals surface area contributed by atoms with E-state index < -0.39 is 0 Å². The van der Waals surface area contributed by atoms with Crippen LogP contribution in [-0.4, -0.2) is 16.5 Å². The van der Waals surface area contributed by atoms with Gasteiger partial charge in [-0.1, -0.05) is 18.5 Å². The summed E-state index contributed by atoms with van der Waals surface area (Å²) >= 11 is 6.14. The Bertz CT molecular complexity index is 545. The molecule has 5 heteroatoms. The molecule has 0 saturated carbocycles. The van der Waals surface area contributed by atoms with Crippen LogP contribution >= 0.6 is 11.6 Å². The van der Waals surface area contributed by atoms with Crippen molar-refractivity contribution in [2.24, 2.45) is 0 Å². The standard InChI is InChI=1S/C15H17ClFN3/c1-2-6-19-15(14-4-3-12(17)9-20-14)8-11-5-7-18-10-13(11)16/h3-5,7,9-10,15,19H,2,6,8H2,1H3. The number of nitrogens with zero attached hydrogens (tertiary/aromatic N) is 2. The molecule has 106 valence electrons. The Balaban J connectivity index is 2.19. The predicted molar refractivity (Wildman–Crippen MR) is 78.2 cm³/mol. The Morgan fingerprint density at radius 1 is 1.30 bits per heavy atom. The molecule has 0 fully saturated rings. The van der Waals surface area contributed by atoms with Crippen molar-refractivity contribution < 1.29 is 4.39 Å². The quantitative estimate of drug-likeness (QED) is 0.885. The molecule has 0 aliphatic rings. The van der Waals surface area contributed by atoms with E-state index in [2.05, 4.69) is 22.2 Å². The monoisotopic (exact) mass is 293 g/mol. The molecule has 2 rings (SSSR count). The maximum Gasteiger partial charge on any atom is 0.141 e. The zero-order valence-electron chi connectivity index (χ0n) is 11.3. The fourth-order valence-electron chi connectivity index (χ4n) is 1.98. The molecule has 0 spiro atoms. The number of hydrogen-bond donors (Lipinski definition) is 1. The number of halogens is 2. The maximum atomic E-state index is 13.0. The van der Waals surface area contributed by atoms with Gasteiger partial charge in [-0.2, -0.15) is 0 Å². The first-order valence-electron chi connectivity index (χ1n) is 6.64. The van der Waals surface area contributed by atoms with E-state index in [9.17, 15) is 4.39 Å². The Hall–Kier alpha value is -1.52. The Morgan fingerprint density at radius 3 is 2.80 bits per heavy atom. The van der Waals surface area contributed by atoms with Crippen LogP contribution in [0.15, 0.2) is 36.8 Å². The van der Waals surface area contributed by atoms with E-state index in [0.717, 1.165) is 24.2 Å². The number of rotatable bonds is 6. The van der Waals surface area contributed by atoms with Gasteiger partial charge in [0.1, 0.15) is 5.82 Å². The highest BCUT2D eigenvalue weighted by Crippen LogP contribution is 2.22. The van der Waals surface area contributed by atoms with Crippen molar-refractivity contribution in [3.05, 3.63) is 58.9 Å². The molecule has 2 heterocycles. The van der Waals surface area contributed by atoms with E-state index in [0.29, 0.717) is 11.4 Å². The van der Waals surface area contributed by atoms with Crippen LogP contribution in [0, 0.1) is 5.82 Å². The molecular formula is C15H17ClFN3. The molecule has 1 atom stereocenters. The van der Waals surface area contributed by atoms with Gasteiger partial charge in [-0.15, -0.1) is 0 Å². The largest absolute Gasteiger partial charge is 0.308 e. The molecule has 1 unspecified atom stereocenters. The van der Waals surface area contributed by atoms with E-state index in [1.165, 1.54) is 12.3 Å². The van der Waals surface area contributed by atoms with Crippen LogP contribution < -0.4 is 5.32 Å². The highest BCUT2D eigenvalue weighted by Gasteiger charge is 2.14. The summed E-state index contributed by atoms with van der Waals surface area (Å²) in [4.78, 5) is 8.14. The number of hydrogen-bond acceptors (Lipinski definition) is 3. The van der Waals surface area contributed by atoms with Gasteiger partial charge in [-0.25, -0.2) is 4.39 Å². The molecule has 0 saturated heterocycles. The average Bonchev–Trinajstić information content (AvgIpc) is 2.46. The molecule has 0 amide bonds. The fraction of sp³-hybridized carbons (Fsp3) is 0.333. The minimum Gasteiger partial charge on any atom is -0.308 e. The van der Waals surface area contributed by atoms with Crippen molar-refractivity contribution in [2.75, 3.05) is 6.54 Å². The van der Waals surface area contributed by atoms with Gasteiger partial charge in [0.05, 0.1) is 23.0 Å². The van der Waals surface area contributed by atoms with Crippen molar-refractivity contribution in [3.8, 4) is 0 Å². The average molecular weight is 294 g/mol. The van der Waals surface area contributed by atoms with Gasteiger partial charge >= 0.3 is 0 Å². The lowest BCUT2D eigenvalue weighted by Crippen LogP contribution is -2.25. The normalized spacial score (nSPS) is 12.3. The predicted octanol–water partition coefficient (Wildman–Crippen LogP) is 3.55. The first-order valence-corrected chi connectivity index (χ1v) is 7.01. The van der Waals surface area contributed by atoms with E-state index in [-0.39, 0.29) is 11.9 Å². The van der Waals surface area contributed by atoms with Gasteiger partial charge in [-0.05, 0) is 43.1 Å². The van der Waals surface area contributed by atoms with Crippen molar-refractivity contribution in [3.63, 3.8) is 0 Å². The molecule has 3 nitrogen and oxygen atoms in total. The molecule has 0 aliphatic heterocycles. The topological polar surface area (TPSA) is 37.8 Å². The summed E-state index contributed by atoms with van der Waals surface area (Å²) in [5.74, 6) is -0.329. The zero-order chi connectivity index (χ0) is 14.4. The summed E-state index contributed by atoms with van der Waals surface area (Å²) < 4.78 is 13.0. The minimum absolute atomic E-state index is 0.00968. The van der Waals surface area contributed by atoms with Crippen molar-refractivity contribution in [2.45, 2.75) is 25.8 Å². The second-order valence-corrected chi connectivity index (χ2v) is 4.99. The Kier molecular flexibility index (Phi) is 5.44. The molecule has 0 aliphatic carbocycles. The van der Waals surface area contributed by atoms with Crippen LogP contribution in [0.1, 0.15) is 30.6 Å². The molecule has 2 aromatic heterocycles. The molecule has 0 radical (unpaired) electrons. The van der Waals surface area contributed by atoms with Gasteiger partial charge in [0, 0.05) is 12.4 Å². The molecular weight excluding hydrogens is 277 g/mol. The summed E-state index contributed by atoms with van der Waals surface area (Å²) in [5, 5.41) is 4.05. The van der Waals surface area contributed by atoms with Crippen LogP contribution in [0.3, 0.4) is 0 Å². The summed E-state index contributed by atoms with van der Waals surface area (Å²) in [5.41, 5.74) is 1.81. The third-order valence-corrected chi connectivity index (χ3v) is 3.37. The minimum atomic E-state index is -0.329. The summed E-state index contributed by atoms with van der Waals surface area (Å²) in [6.45, 7) is 2.97. The lowest BCUT2D eigenvalue weighted by molar-refractivity contribution is 0.514. The van der Waals surface area contributed by atoms with Crippen molar-refractivity contribution in [1.82, 2.24) is 15.3 Å². The summed E-state index contributed by atoms with van der Waals surface area (Å²) in [6.07, 6.45) is 6.30. The summed E-state index contributed by atoms with van der Waals surface area (Å²) in [7, 11) is 0. The lowest BCUT2D eigenvalue weighted by Gasteiger charge is -2.18. The van der Waals surface area contributed by atoms with E-state index >= 15 is 0 Å². The third-order valence-electron chi connectivity index (χ3n) is 3.03. The highest BCUT2D eigenvalue weighted by molar-refractivity contribution is 6.31. The highest BCUT2D eigenvalue weighted by atomic mass is 35.5. The van der Waals surface area contributed by atoms with Crippen molar-refractivity contribution in [1.29, 1.82) is 0 Å². The van der Waals surface area contributed by atoms with Gasteiger partial charge < -0.3 is 5.32 Å². The maximum absolute atomic E-state index is 13.0. The van der Waals surface area contributed by atoms with Crippen LogP contribution in [0.2, 0.25) is 5.02 Å².